The SMILES string of the molecule is CCSCCCN1CC(C(=O)O)C1. The van der Waals surface area contributed by atoms with E-state index in [0.717, 1.165) is 19.6 Å². The molecular formula is C9H17NO2S. The van der Waals surface area contributed by atoms with Gasteiger partial charge in [0.1, 0.15) is 0 Å². The molecule has 1 aliphatic heterocycles. The van der Waals surface area contributed by atoms with E-state index in [9.17, 15) is 4.79 Å². The van der Waals surface area contributed by atoms with Crippen molar-refractivity contribution in [3.05, 3.63) is 0 Å². The number of hydrogen-bond donors (Lipinski definition) is 1. The van der Waals surface area contributed by atoms with E-state index in [1.165, 1.54) is 17.9 Å². The number of thioether (sulfide) groups is 1. The van der Waals surface area contributed by atoms with Crippen molar-refractivity contribution < 1.29 is 9.90 Å². The smallest absolute Gasteiger partial charge is 0.309 e. The lowest BCUT2D eigenvalue weighted by Crippen LogP contribution is -2.50. The van der Waals surface area contributed by atoms with Crippen molar-refractivity contribution in [2.45, 2.75) is 13.3 Å². The molecule has 0 aromatic carbocycles. The first kappa shape index (κ1) is 10.9. The van der Waals surface area contributed by atoms with Crippen LogP contribution in [0, 0.1) is 5.92 Å². The average molecular weight is 203 g/mol. The molecule has 0 aliphatic carbocycles. The maximum absolute atomic E-state index is 10.5. The van der Waals surface area contributed by atoms with Crippen molar-refractivity contribution in [1.82, 2.24) is 4.90 Å². The maximum Gasteiger partial charge on any atom is 0.309 e. The molecule has 0 aromatic rings. The summed E-state index contributed by atoms with van der Waals surface area (Å²) in [5.74, 6) is 1.64. The summed E-state index contributed by atoms with van der Waals surface area (Å²) >= 11 is 1.95. The molecule has 1 saturated heterocycles. The van der Waals surface area contributed by atoms with Gasteiger partial charge in [0, 0.05) is 13.1 Å². The van der Waals surface area contributed by atoms with Crippen LogP contribution in [0.15, 0.2) is 0 Å². The number of carbonyl (C=O) groups is 1. The second kappa shape index (κ2) is 5.50. The van der Waals surface area contributed by atoms with Crippen molar-refractivity contribution in [3.8, 4) is 0 Å². The third kappa shape index (κ3) is 3.56. The first-order valence-electron chi connectivity index (χ1n) is 4.77. The molecule has 0 amide bonds. The van der Waals surface area contributed by atoms with Crippen LogP contribution in [0.2, 0.25) is 0 Å². The molecule has 1 fully saturated rings. The molecule has 0 atom stereocenters. The van der Waals surface area contributed by atoms with Crippen LogP contribution in [-0.4, -0.2) is 47.1 Å². The number of likely N-dealkylation sites (tertiary alicyclic amines) is 1. The monoisotopic (exact) mass is 203 g/mol. The second-order valence-electron chi connectivity index (χ2n) is 3.35. The summed E-state index contributed by atoms with van der Waals surface area (Å²) in [5, 5.41) is 8.63. The van der Waals surface area contributed by atoms with Gasteiger partial charge in [-0.1, -0.05) is 6.92 Å². The van der Waals surface area contributed by atoms with Crippen molar-refractivity contribution in [3.63, 3.8) is 0 Å². The fourth-order valence-electron chi connectivity index (χ4n) is 1.44. The minimum atomic E-state index is -0.640. The summed E-state index contributed by atoms with van der Waals surface area (Å²) < 4.78 is 0. The lowest BCUT2D eigenvalue weighted by atomic mass is 10.0. The molecule has 0 spiro atoms. The fraction of sp³-hybridized carbons (Fsp3) is 0.889. The highest BCUT2D eigenvalue weighted by atomic mass is 32.2. The van der Waals surface area contributed by atoms with Gasteiger partial charge >= 0.3 is 5.97 Å². The van der Waals surface area contributed by atoms with Gasteiger partial charge in [-0.3, -0.25) is 4.79 Å². The van der Waals surface area contributed by atoms with E-state index < -0.39 is 5.97 Å². The van der Waals surface area contributed by atoms with E-state index in [-0.39, 0.29) is 5.92 Å². The van der Waals surface area contributed by atoms with E-state index in [2.05, 4.69) is 11.8 Å². The molecule has 0 bridgehead atoms. The molecule has 0 unspecified atom stereocenters. The topological polar surface area (TPSA) is 40.5 Å². The van der Waals surface area contributed by atoms with Gasteiger partial charge in [-0.15, -0.1) is 0 Å². The number of nitrogens with zero attached hydrogens (tertiary/aromatic N) is 1. The lowest BCUT2D eigenvalue weighted by Gasteiger charge is -2.36. The van der Waals surface area contributed by atoms with Gasteiger partial charge < -0.3 is 10.0 Å². The first-order chi connectivity index (χ1) is 6.24. The molecule has 0 saturated carbocycles. The minimum Gasteiger partial charge on any atom is -0.481 e. The van der Waals surface area contributed by atoms with Crippen LogP contribution in [0.1, 0.15) is 13.3 Å². The normalized spacial score (nSPS) is 18.5. The Morgan fingerprint density at radius 3 is 2.85 bits per heavy atom. The van der Waals surface area contributed by atoms with E-state index in [1.54, 1.807) is 0 Å². The third-order valence-electron chi connectivity index (χ3n) is 2.27. The molecule has 4 heteroatoms. The van der Waals surface area contributed by atoms with E-state index in [0.29, 0.717) is 0 Å². The Morgan fingerprint density at radius 1 is 1.62 bits per heavy atom. The van der Waals surface area contributed by atoms with Crippen LogP contribution in [0.4, 0.5) is 0 Å². The van der Waals surface area contributed by atoms with Crippen LogP contribution >= 0.6 is 11.8 Å². The van der Waals surface area contributed by atoms with Crippen LogP contribution < -0.4 is 0 Å². The Hall–Kier alpha value is -0.220. The van der Waals surface area contributed by atoms with Gasteiger partial charge in [-0.25, -0.2) is 0 Å². The average Bonchev–Trinajstić information content (AvgIpc) is 2.00. The van der Waals surface area contributed by atoms with Crippen molar-refractivity contribution in [2.75, 3.05) is 31.1 Å². The molecule has 0 radical (unpaired) electrons. The van der Waals surface area contributed by atoms with Crippen LogP contribution in [0.5, 0.6) is 0 Å². The molecule has 76 valence electrons. The largest absolute Gasteiger partial charge is 0.481 e. The molecular weight excluding hydrogens is 186 g/mol. The van der Waals surface area contributed by atoms with E-state index in [4.69, 9.17) is 5.11 Å². The molecule has 1 aliphatic rings. The summed E-state index contributed by atoms with van der Waals surface area (Å²) in [7, 11) is 0. The fourth-order valence-corrected chi connectivity index (χ4v) is 2.07. The molecule has 1 heterocycles. The van der Waals surface area contributed by atoms with Gasteiger partial charge in [-0.2, -0.15) is 11.8 Å². The highest BCUT2D eigenvalue weighted by molar-refractivity contribution is 7.99. The number of aliphatic carboxylic acids is 1. The Bertz CT molecular complexity index is 169. The van der Waals surface area contributed by atoms with Gasteiger partial charge in [0.05, 0.1) is 5.92 Å². The predicted molar refractivity (Wildman–Crippen MR) is 55.2 cm³/mol. The summed E-state index contributed by atoms with van der Waals surface area (Å²) in [4.78, 5) is 12.7. The van der Waals surface area contributed by atoms with E-state index in [1.807, 2.05) is 11.8 Å². The van der Waals surface area contributed by atoms with Crippen molar-refractivity contribution >= 4 is 17.7 Å². The highest BCUT2D eigenvalue weighted by Gasteiger charge is 2.31. The number of rotatable bonds is 6. The molecule has 0 aromatic heterocycles. The minimum absolute atomic E-state index is 0.0983. The third-order valence-corrected chi connectivity index (χ3v) is 3.26. The zero-order valence-electron chi connectivity index (χ0n) is 8.03. The maximum atomic E-state index is 10.5. The van der Waals surface area contributed by atoms with Crippen LogP contribution in [0.3, 0.4) is 0 Å². The van der Waals surface area contributed by atoms with Gasteiger partial charge in [-0.05, 0) is 24.5 Å². The number of carboxylic acid groups (broad SMARTS) is 1. The first-order valence-corrected chi connectivity index (χ1v) is 5.92. The van der Waals surface area contributed by atoms with Crippen LogP contribution in [-0.2, 0) is 4.79 Å². The van der Waals surface area contributed by atoms with E-state index >= 15 is 0 Å². The zero-order valence-corrected chi connectivity index (χ0v) is 8.85. The summed E-state index contributed by atoms with van der Waals surface area (Å²) in [6.45, 7) is 4.74. The molecule has 13 heavy (non-hydrogen) atoms. The quantitative estimate of drug-likeness (QED) is 0.657. The lowest BCUT2D eigenvalue weighted by molar-refractivity contribution is -0.147. The van der Waals surface area contributed by atoms with Crippen LogP contribution in [0.25, 0.3) is 0 Å². The Morgan fingerprint density at radius 2 is 2.31 bits per heavy atom. The second-order valence-corrected chi connectivity index (χ2v) is 4.74. The predicted octanol–water partition coefficient (Wildman–Crippen LogP) is 1.15. The molecule has 1 rings (SSSR count). The van der Waals surface area contributed by atoms with Gasteiger partial charge in [0.15, 0.2) is 0 Å². The Labute approximate surface area is 83.5 Å². The van der Waals surface area contributed by atoms with Crippen molar-refractivity contribution in [2.24, 2.45) is 5.92 Å². The molecule has 3 nitrogen and oxygen atoms in total. The highest BCUT2D eigenvalue weighted by Crippen LogP contribution is 2.16. The Balaban J connectivity index is 1.93. The Kier molecular flexibility index (Phi) is 4.59. The summed E-state index contributed by atoms with van der Waals surface area (Å²) in [6, 6.07) is 0. The van der Waals surface area contributed by atoms with Gasteiger partial charge in [0.25, 0.3) is 0 Å². The standard InChI is InChI=1S/C9H17NO2S/c1-2-13-5-3-4-10-6-8(7-10)9(11)12/h8H,2-7H2,1H3,(H,11,12). The summed E-state index contributed by atoms with van der Waals surface area (Å²) in [5.41, 5.74) is 0. The van der Waals surface area contributed by atoms with Gasteiger partial charge in [0.2, 0.25) is 0 Å². The number of hydrogen-bond acceptors (Lipinski definition) is 3. The zero-order chi connectivity index (χ0) is 9.68. The number of carboxylic acids is 1. The summed E-state index contributed by atoms with van der Waals surface area (Å²) in [6.07, 6.45) is 1.19. The molecule has 1 N–H and O–H groups in total. The van der Waals surface area contributed by atoms with Crippen molar-refractivity contribution in [1.29, 1.82) is 0 Å².